The Bertz CT molecular complexity index is 1120. The maximum Gasteiger partial charge on any atom is 0.259 e. The summed E-state index contributed by atoms with van der Waals surface area (Å²) in [6.45, 7) is 5.40. The minimum atomic E-state index is -0.561. The van der Waals surface area contributed by atoms with E-state index in [2.05, 4.69) is 10.1 Å². The van der Waals surface area contributed by atoms with Crippen molar-refractivity contribution < 1.29 is 18.5 Å². The van der Waals surface area contributed by atoms with Gasteiger partial charge in [0.2, 0.25) is 0 Å². The van der Waals surface area contributed by atoms with E-state index in [1.54, 1.807) is 30.0 Å². The van der Waals surface area contributed by atoms with Crippen molar-refractivity contribution in [2.45, 2.75) is 13.8 Å². The van der Waals surface area contributed by atoms with Crippen molar-refractivity contribution in [2.75, 3.05) is 31.1 Å². The average Bonchev–Trinajstić information content (AvgIpc) is 3.14. The number of benzene rings is 2. The molecule has 0 bridgehead atoms. The highest BCUT2D eigenvalue weighted by atomic mass is 35.5. The number of carbonyl (C=O) groups excluding carboxylic acids is 2. The fourth-order valence-corrected chi connectivity index (χ4v) is 4.00. The molecule has 2 heterocycles. The van der Waals surface area contributed by atoms with Crippen molar-refractivity contribution in [3.63, 3.8) is 0 Å². The molecule has 3 aromatic rings. The van der Waals surface area contributed by atoms with Crippen LogP contribution in [0.5, 0.6) is 0 Å². The van der Waals surface area contributed by atoms with Gasteiger partial charge in [-0.2, -0.15) is 0 Å². The molecule has 0 saturated carbocycles. The highest BCUT2D eigenvalue weighted by Crippen LogP contribution is 2.34. The van der Waals surface area contributed by atoms with E-state index >= 15 is 0 Å². The van der Waals surface area contributed by atoms with Crippen LogP contribution in [0.4, 0.5) is 10.1 Å². The van der Waals surface area contributed by atoms with E-state index in [1.807, 2.05) is 12.1 Å². The lowest BCUT2D eigenvalue weighted by Gasteiger charge is -2.36. The number of piperazine rings is 1. The lowest BCUT2D eigenvalue weighted by atomic mass is 10.0. The van der Waals surface area contributed by atoms with E-state index in [9.17, 15) is 14.0 Å². The van der Waals surface area contributed by atoms with Crippen molar-refractivity contribution in [3.8, 4) is 11.3 Å². The number of nitrogens with zero attached hydrogens (tertiary/aromatic N) is 3. The number of carbonyl (C=O) groups is 2. The van der Waals surface area contributed by atoms with Crippen LogP contribution in [0.15, 0.2) is 47.0 Å². The molecule has 4 rings (SSSR count). The van der Waals surface area contributed by atoms with Crippen LogP contribution >= 0.6 is 11.6 Å². The Morgan fingerprint density at radius 2 is 1.74 bits per heavy atom. The molecule has 31 heavy (non-hydrogen) atoms. The molecule has 0 unspecified atom stereocenters. The normalized spacial score (nSPS) is 14.1. The summed E-state index contributed by atoms with van der Waals surface area (Å²) in [6.07, 6.45) is 0. The molecule has 1 aliphatic rings. The summed E-state index contributed by atoms with van der Waals surface area (Å²) < 4.78 is 19.7. The number of Topliss-reactive ketones (excluding diaryl/α,β-unsaturated/α-hetero) is 1. The first-order valence-corrected chi connectivity index (χ1v) is 10.3. The maximum absolute atomic E-state index is 14.4. The van der Waals surface area contributed by atoms with Gasteiger partial charge in [-0.1, -0.05) is 22.8 Å². The standard InChI is InChI=1S/C23H21ClFN3O3/c1-14(29)16-6-8-17(9-7-16)27-10-12-28(13-11-27)23(30)20-15(2)31-26-22(20)21-18(24)4-3-5-19(21)25/h3-9H,10-13H2,1-2H3. The van der Waals surface area contributed by atoms with E-state index in [0.29, 0.717) is 37.5 Å². The van der Waals surface area contributed by atoms with E-state index in [4.69, 9.17) is 16.1 Å². The second-order valence-corrected chi connectivity index (χ2v) is 7.85. The molecule has 2 aromatic carbocycles. The van der Waals surface area contributed by atoms with Crippen LogP contribution < -0.4 is 4.90 Å². The van der Waals surface area contributed by atoms with Crippen molar-refractivity contribution in [1.29, 1.82) is 0 Å². The number of rotatable bonds is 4. The van der Waals surface area contributed by atoms with Gasteiger partial charge in [0.25, 0.3) is 5.91 Å². The summed E-state index contributed by atoms with van der Waals surface area (Å²) in [7, 11) is 0. The molecule has 0 N–H and O–H groups in total. The Balaban J connectivity index is 1.52. The molecule has 0 atom stereocenters. The van der Waals surface area contributed by atoms with Crippen LogP contribution in [0, 0.1) is 12.7 Å². The highest BCUT2D eigenvalue weighted by Gasteiger charge is 2.30. The molecule has 1 fully saturated rings. The second kappa shape index (κ2) is 8.51. The van der Waals surface area contributed by atoms with E-state index in [1.165, 1.54) is 19.1 Å². The fourth-order valence-electron chi connectivity index (χ4n) is 3.75. The highest BCUT2D eigenvalue weighted by molar-refractivity contribution is 6.33. The van der Waals surface area contributed by atoms with Crippen LogP contribution in [0.1, 0.15) is 33.4 Å². The number of hydrogen-bond acceptors (Lipinski definition) is 5. The predicted octanol–water partition coefficient (Wildman–Crippen LogP) is 4.61. The molecule has 8 heteroatoms. The molecular formula is C23H21ClFN3O3. The first-order valence-electron chi connectivity index (χ1n) is 9.92. The van der Waals surface area contributed by atoms with Crippen molar-refractivity contribution in [2.24, 2.45) is 0 Å². The van der Waals surface area contributed by atoms with E-state index in [-0.39, 0.29) is 33.5 Å². The van der Waals surface area contributed by atoms with Gasteiger partial charge in [-0.25, -0.2) is 4.39 Å². The van der Waals surface area contributed by atoms with Gasteiger partial charge in [0.1, 0.15) is 22.8 Å². The molecular weight excluding hydrogens is 421 g/mol. The molecule has 1 amide bonds. The molecule has 6 nitrogen and oxygen atoms in total. The van der Waals surface area contributed by atoms with E-state index < -0.39 is 5.82 Å². The average molecular weight is 442 g/mol. The Morgan fingerprint density at radius 3 is 2.35 bits per heavy atom. The Labute approximate surface area is 184 Å². The summed E-state index contributed by atoms with van der Waals surface area (Å²) in [5.74, 6) is -0.480. The monoisotopic (exact) mass is 441 g/mol. The van der Waals surface area contributed by atoms with Gasteiger partial charge in [-0.3, -0.25) is 9.59 Å². The Hall–Kier alpha value is -3.19. The van der Waals surface area contributed by atoms with Crippen molar-refractivity contribution in [3.05, 3.63) is 70.2 Å². The van der Waals surface area contributed by atoms with Crippen LogP contribution in [0.3, 0.4) is 0 Å². The molecule has 1 aromatic heterocycles. The van der Waals surface area contributed by atoms with Crippen LogP contribution in [0.25, 0.3) is 11.3 Å². The minimum absolute atomic E-state index is 0.0248. The van der Waals surface area contributed by atoms with Gasteiger partial charge in [-0.15, -0.1) is 0 Å². The zero-order valence-corrected chi connectivity index (χ0v) is 17.9. The molecule has 0 aliphatic carbocycles. The van der Waals surface area contributed by atoms with E-state index in [0.717, 1.165) is 5.69 Å². The summed E-state index contributed by atoms with van der Waals surface area (Å²) in [5, 5.41) is 4.09. The number of amides is 1. The van der Waals surface area contributed by atoms with Crippen LogP contribution in [-0.2, 0) is 0 Å². The largest absolute Gasteiger partial charge is 0.368 e. The third kappa shape index (κ3) is 4.05. The Morgan fingerprint density at radius 1 is 1.06 bits per heavy atom. The van der Waals surface area contributed by atoms with Gasteiger partial charge >= 0.3 is 0 Å². The molecule has 1 aliphatic heterocycles. The van der Waals surface area contributed by atoms with Gasteiger partial charge in [0.05, 0.1) is 10.6 Å². The molecule has 0 spiro atoms. The van der Waals surface area contributed by atoms with Crippen LogP contribution in [0.2, 0.25) is 5.02 Å². The van der Waals surface area contributed by atoms with Gasteiger partial charge < -0.3 is 14.3 Å². The third-order valence-electron chi connectivity index (χ3n) is 5.48. The predicted molar refractivity (Wildman–Crippen MR) is 116 cm³/mol. The second-order valence-electron chi connectivity index (χ2n) is 7.44. The van der Waals surface area contributed by atoms with Crippen molar-refractivity contribution in [1.82, 2.24) is 10.1 Å². The smallest absolute Gasteiger partial charge is 0.259 e. The third-order valence-corrected chi connectivity index (χ3v) is 5.80. The first-order chi connectivity index (χ1) is 14.9. The topological polar surface area (TPSA) is 66.7 Å². The molecule has 160 valence electrons. The number of aromatic nitrogens is 1. The van der Waals surface area contributed by atoms with Crippen LogP contribution in [-0.4, -0.2) is 47.9 Å². The summed E-state index contributed by atoms with van der Waals surface area (Å²) in [5.41, 5.74) is 2.07. The zero-order chi connectivity index (χ0) is 22.1. The lowest BCUT2D eigenvalue weighted by Crippen LogP contribution is -2.49. The number of ketones is 1. The molecule has 0 radical (unpaired) electrons. The Kier molecular flexibility index (Phi) is 5.78. The number of hydrogen-bond donors (Lipinski definition) is 0. The zero-order valence-electron chi connectivity index (χ0n) is 17.2. The summed E-state index contributed by atoms with van der Waals surface area (Å²) >= 11 is 6.18. The number of aryl methyl sites for hydroxylation is 1. The van der Waals surface area contributed by atoms with Gasteiger partial charge in [-0.05, 0) is 50.2 Å². The van der Waals surface area contributed by atoms with Crippen molar-refractivity contribution >= 4 is 29.0 Å². The summed E-state index contributed by atoms with van der Waals surface area (Å²) in [6, 6.07) is 11.8. The molecule has 1 saturated heterocycles. The first kappa shape index (κ1) is 21.1. The SMILES string of the molecule is CC(=O)c1ccc(N2CCN(C(=O)c3c(-c4c(F)cccc4Cl)noc3C)CC2)cc1. The lowest BCUT2D eigenvalue weighted by molar-refractivity contribution is 0.0745. The van der Waals surface area contributed by atoms with Gasteiger partial charge in [0.15, 0.2) is 5.78 Å². The summed E-state index contributed by atoms with van der Waals surface area (Å²) in [4.78, 5) is 28.6. The minimum Gasteiger partial charge on any atom is -0.368 e. The maximum atomic E-state index is 14.4. The number of anilines is 1. The van der Waals surface area contributed by atoms with Gasteiger partial charge in [0, 0.05) is 37.4 Å². The number of halogens is 2. The quantitative estimate of drug-likeness (QED) is 0.553. The fraction of sp³-hybridized carbons (Fsp3) is 0.261.